The number of hydrogen-bond acceptors (Lipinski definition) is 4. The summed E-state index contributed by atoms with van der Waals surface area (Å²) in [5.41, 5.74) is 6.37. The van der Waals surface area contributed by atoms with Crippen LogP contribution in [0.4, 0.5) is 0 Å². The Kier molecular flexibility index (Phi) is 4.72. The van der Waals surface area contributed by atoms with E-state index in [0.29, 0.717) is 11.3 Å². The fraction of sp³-hybridized carbons (Fsp3) is 0.0667. The molecule has 0 aliphatic heterocycles. The third-order valence-corrected chi connectivity index (χ3v) is 2.42. The Balaban J connectivity index is 1.83. The van der Waals surface area contributed by atoms with Crippen molar-refractivity contribution in [1.29, 1.82) is 0 Å². The van der Waals surface area contributed by atoms with E-state index in [9.17, 15) is 4.79 Å². The first-order chi connectivity index (χ1) is 9.75. The van der Waals surface area contributed by atoms with Crippen molar-refractivity contribution in [2.45, 2.75) is 0 Å². The van der Waals surface area contributed by atoms with Crippen LogP contribution in [0.2, 0.25) is 0 Å². The highest BCUT2D eigenvalue weighted by Crippen LogP contribution is 2.08. The van der Waals surface area contributed by atoms with E-state index in [0.717, 1.165) is 0 Å². The van der Waals surface area contributed by atoms with Crippen LogP contribution in [0.3, 0.4) is 0 Å². The van der Waals surface area contributed by atoms with E-state index in [1.54, 1.807) is 24.3 Å². The van der Waals surface area contributed by atoms with Gasteiger partial charge in [-0.2, -0.15) is 0 Å². The molecule has 0 radical (unpaired) electrons. The second kappa shape index (κ2) is 6.94. The van der Waals surface area contributed by atoms with Gasteiger partial charge in [0.05, 0.1) is 0 Å². The maximum Gasteiger partial charge on any atom is 0.372 e. The molecule has 0 saturated carbocycles. The molecule has 0 heterocycles. The average Bonchev–Trinajstić information content (AvgIpc) is 2.52. The molecule has 0 aromatic heterocycles. The second-order valence-electron chi connectivity index (χ2n) is 3.91. The standard InChI is InChI=1S/C15H14N2O3/c16-15(12-7-3-1-4-8-12)17-20-14(18)11-19-13-9-5-2-6-10-13/h1-10H,11H2,(H2,16,17). The maximum absolute atomic E-state index is 11.4. The summed E-state index contributed by atoms with van der Waals surface area (Å²) in [4.78, 5) is 16.1. The number of hydrogen-bond donors (Lipinski definition) is 1. The molecule has 20 heavy (non-hydrogen) atoms. The fourth-order valence-corrected chi connectivity index (χ4v) is 1.45. The van der Waals surface area contributed by atoms with Gasteiger partial charge in [0.2, 0.25) is 0 Å². The molecule has 2 rings (SSSR count). The maximum atomic E-state index is 11.4. The van der Waals surface area contributed by atoms with E-state index in [1.807, 2.05) is 36.4 Å². The van der Waals surface area contributed by atoms with Crippen LogP contribution in [0, 0.1) is 0 Å². The van der Waals surface area contributed by atoms with Crippen molar-refractivity contribution in [3.8, 4) is 5.75 Å². The summed E-state index contributed by atoms with van der Waals surface area (Å²) in [5.74, 6) is 0.107. The number of nitrogens with two attached hydrogens (primary N) is 1. The van der Waals surface area contributed by atoms with Gasteiger partial charge in [0, 0.05) is 5.56 Å². The largest absolute Gasteiger partial charge is 0.482 e. The van der Waals surface area contributed by atoms with E-state index in [4.69, 9.17) is 10.5 Å². The van der Waals surface area contributed by atoms with Gasteiger partial charge in [-0.25, -0.2) is 4.79 Å². The molecule has 5 heteroatoms. The van der Waals surface area contributed by atoms with Gasteiger partial charge < -0.3 is 15.3 Å². The van der Waals surface area contributed by atoms with Gasteiger partial charge in [-0.3, -0.25) is 0 Å². The molecule has 0 aliphatic rings. The van der Waals surface area contributed by atoms with Crippen LogP contribution in [0.5, 0.6) is 5.75 Å². The molecule has 0 spiro atoms. The Bertz CT molecular complexity index is 583. The lowest BCUT2D eigenvalue weighted by molar-refractivity contribution is -0.146. The molecule has 2 aromatic rings. The number of rotatable bonds is 5. The summed E-state index contributed by atoms with van der Waals surface area (Å²) in [7, 11) is 0. The number of carbonyl (C=O) groups excluding carboxylic acids is 1. The summed E-state index contributed by atoms with van der Waals surface area (Å²) < 4.78 is 5.22. The van der Waals surface area contributed by atoms with Gasteiger partial charge in [0.15, 0.2) is 12.4 Å². The van der Waals surface area contributed by atoms with Crippen LogP contribution in [0.15, 0.2) is 65.8 Å². The van der Waals surface area contributed by atoms with Crippen LogP contribution in [0.1, 0.15) is 5.56 Å². The SMILES string of the molecule is N/C(=N/OC(=O)COc1ccccc1)c1ccccc1. The Morgan fingerprint density at radius 1 is 1.00 bits per heavy atom. The molecule has 0 atom stereocenters. The molecular formula is C15H14N2O3. The van der Waals surface area contributed by atoms with E-state index in [1.165, 1.54) is 0 Å². The topological polar surface area (TPSA) is 73.9 Å². The minimum absolute atomic E-state index is 0.138. The zero-order chi connectivity index (χ0) is 14.2. The number of oxime groups is 1. The van der Waals surface area contributed by atoms with Gasteiger partial charge in [-0.15, -0.1) is 0 Å². The zero-order valence-electron chi connectivity index (χ0n) is 10.7. The smallest absolute Gasteiger partial charge is 0.372 e. The normalized spacial score (nSPS) is 10.9. The van der Waals surface area contributed by atoms with Crippen LogP contribution in [-0.4, -0.2) is 18.4 Å². The lowest BCUT2D eigenvalue weighted by Crippen LogP contribution is -2.17. The van der Waals surface area contributed by atoms with Crippen molar-refractivity contribution >= 4 is 11.8 Å². The van der Waals surface area contributed by atoms with Gasteiger partial charge in [0.1, 0.15) is 5.75 Å². The van der Waals surface area contributed by atoms with Gasteiger partial charge >= 0.3 is 5.97 Å². The monoisotopic (exact) mass is 270 g/mol. The Labute approximate surface area is 116 Å². The predicted molar refractivity (Wildman–Crippen MR) is 75.2 cm³/mol. The van der Waals surface area contributed by atoms with Crippen LogP contribution in [0.25, 0.3) is 0 Å². The molecular weight excluding hydrogens is 256 g/mol. The third kappa shape index (κ3) is 4.13. The highest BCUT2D eigenvalue weighted by Gasteiger charge is 2.05. The molecule has 0 fully saturated rings. The first kappa shape index (κ1) is 13.6. The van der Waals surface area contributed by atoms with E-state index >= 15 is 0 Å². The highest BCUT2D eigenvalue weighted by molar-refractivity contribution is 5.97. The molecule has 0 amide bonds. The fourth-order valence-electron chi connectivity index (χ4n) is 1.45. The van der Waals surface area contributed by atoms with Crippen LogP contribution in [-0.2, 0) is 9.63 Å². The summed E-state index contributed by atoms with van der Waals surface area (Å²) in [6.45, 7) is -0.227. The number of ether oxygens (including phenoxy) is 1. The Morgan fingerprint density at radius 2 is 1.60 bits per heavy atom. The lowest BCUT2D eigenvalue weighted by Gasteiger charge is -2.04. The van der Waals surface area contributed by atoms with E-state index < -0.39 is 5.97 Å². The molecule has 0 bridgehead atoms. The minimum atomic E-state index is -0.618. The van der Waals surface area contributed by atoms with Crippen molar-refractivity contribution in [3.63, 3.8) is 0 Å². The molecule has 2 N–H and O–H groups in total. The Hall–Kier alpha value is -2.82. The molecule has 102 valence electrons. The number of carbonyl (C=O) groups is 1. The van der Waals surface area contributed by atoms with Gasteiger partial charge in [-0.05, 0) is 12.1 Å². The van der Waals surface area contributed by atoms with Crippen molar-refractivity contribution in [2.24, 2.45) is 10.9 Å². The lowest BCUT2D eigenvalue weighted by atomic mass is 10.2. The molecule has 2 aromatic carbocycles. The van der Waals surface area contributed by atoms with E-state index in [-0.39, 0.29) is 12.4 Å². The van der Waals surface area contributed by atoms with Crippen LogP contribution >= 0.6 is 0 Å². The molecule has 0 saturated heterocycles. The van der Waals surface area contributed by atoms with Crippen LogP contribution < -0.4 is 10.5 Å². The highest BCUT2D eigenvalue weighted by atomic mass is 16.7. The third-order valence-electron chi connectivity index (χ3n) is 2.42. The second-order valence-corrected chi connectivity index (χ2v) is 3.91. The Morgan fingerprint density at radius 3 is 2.25 bits per heavy atom. The summed E-state index contributed by atoms with van der Waals surface area (Å²) in [5, 5.41) is 3.57. The minimum Gasteiger partial charge on any atom is -0.482 e. The number of amidine groups is 1. The first-order valence-electron chi connectivity index (χ1n) is 6.02. The van der Waals surface area contributed by atoms with Gasteiger partial charge in [-0.1, -0.05) is 53.7 Å². The molecule has 0 unspecified atom stereocenters. The van der Waals surface area contributed by atoms with Crippen molar-refractivity contribution in [1.82, 2.24) is 0 Å². The quantitative estimate of drug-likeness (QED) is 0.390. The average molecular weight is 270 g/mol. The number of para-hydroxylation sites is 1. The zero-order valence-corrected chi connectivity index (χ0v) is 10.7. The molecule has 0 aliphatic carbocycles. The summed E-state index contributed by atoms with van der Waals surface area (Å²) in [6, 6.07) is 18.0. The van der Waals surface area contributed by atoms with Crippen molar-refractivity contribution in [3.05, 3.63) is 66.2 Å². The summed E-state index contributed by atoms with van der Waals surface area (Å²) >= 11 is 0. The predicted octanol–water partition coefficient (Wildman–Crippen LogP) is 1.93. The number of nitrogens with zero attached hydrogens (tertiary/aromatic N) is 1. The van der Waals surface area contributed by atoms with Crippen molar-refractivity contribution < 1.29 is 14.4 Å². The molecule has 5 nitrogen and oxygen atoms in total. The van der Waals surface area contributed by atoms with Gasteiger partial charge in [0.25, 0.3) is 0 Å². The van der Waals surface area contributed by atoms with Crippen molar-refractivity contribution in [2.75, 3.05) is 6.61 Å². The van der Waals surface area contributed by atoms with E-state index in [2.05, 4.69) is 9.99 Å². The number of benzene rings is 2. The first-order valence-corrected chi connectivity index (χ1v) is 6.02. The summed E-state index contributed by atoms with van der Waals surface area (Å²) in [6.07, 6.45) is 0.